The van der Waals surface area contributed by atoms with E-state index in [2.05, 4.69) is 21.2 Å². The summed E-state index contributed by atoms with van der Waals surface area (Å²) in [5.74, 6) is 0.900. The predicted octanol–water partition coefficient (Wildman–Crippen LogP) is 2.95. The van der Waals surface area contributed by atoms with E-state index >= 15 is 0 Å². The lowest BCUT2D eigenvalue weighted by Crippen LogP contribution is -1.80. The first-order valence-corrected chi connectivity index (χ1v) is 7.30. The first-order valence-electron chi connectivity index (χ1n) is 4.27. The van der Waals surface area contributed by atoms with Crippen molar-refractivity contribution in [2.45, 2.75) is 14.4 Å². The summed E-state index contributed by atoms with van der Waals surface area (Å²) in [5, 5.41) is 8.13. The number of hydrogen-bond donors (Lipinski definition) is 0. The van der Waals surface area contributed by atoms with E-state index in [1.54, 1.807) is 41.1 Å². The summed E-state index contributed by atoms with van der Waals surface area (Å²) in [4.78, 5) is 4.07. The SMILES string of the molecule is CSc1nnc(SCc2cccnc2)s1. The third-order valence-electron chi connectivity index (χ3n) is 1.65. The zero-order valence-corrected chi connectivity index (χ0v) is 10.5. The fourth-order valence-electron chi connectivity index (χ4n) is 0.967. The summed E-state index contributed by atoms with van der Waals surface area (Å²) < 4.78 is 2.03. The van der Waals surface area contributed by atoms with Gasteiger partial charge in [-0.15, -0.1) is 10.2 Å². The van der Waals surface area contributed by atoms with Gasteiger partial charge in [0.2, 0.25) is 0 Å². The molecule has 3 nitrogen and oxygen atoms in total. The molecule has 0 fully saturated rings. The minimum atomic E-state index is 0.900. The number of hydrogen-bond acceptors (Lipinski definition) is 6. The van der Waals surface area contributed by atoms with Gasteiger partial charge in [-0.05, 0) is 17.9 Å². The van der Waals surface area contributed by atoms with E-state index in [1.807, 2.05) is 18.5 Å². The Morgan fingerprint density at radius 1 is 1.33 bits per heavy atom. The van der Waals surface area contributed by atoms with Gasteiger partial charge < -0.3 is 0 Å². The van der Waals surface area contributed by atoms with Crippen LogP contribution in [0.3, 0.4) is 0 Å². The Labute approximate surface area is 101 Å². The molecule has 0 unspecified atom stereocenters. The first kappa shape index (κ1) is 10.9. The Hall–Kier alpha value is -0.590. The van der Waals surface area contributed by atoms with Crippen molar-refractivity contribution in [1.82, 2.24) is 15.2 Å². The molecule has 2 aromatic rings. The van der Waals surface area contributed by atoms with Crippen LogP contribution in [0.15, 0.2) is 33.2 Å². The van der Waals surface area contributed by atoms with Crippen LogP contribution in [0.4, 0.5) is 0 Å². The number of rotatable bonds is 4. The average Bonchev–Trinajstić information content (AvgIpc) is 2.76. The highest BCUT2D eigenvalue weighted by Gasteiger charge is 2.03. The van der Waals surface area contributed by atoms with Crippen molar-refractivity contribution < 1.29 is 0 Å². The maximum atomic E-state index is 4.09. The minimum absolute atomic E-state index is 0.900. The van der Waals surface area contributed by atoms with Gasteiger partial charge in [-0.2, -0.15) is 0 Å². The number of nitrogens with zero attached hydrogens (tertiary/aromatic N) is 3. The summed E-state index contributed by atoms with van der Waals surface area (Å²) in [5.41, 5.74) is 1.21. The van der Waals surface area contributed by atoms with Gasteiger partial charge in [-0.1, -0.05) is 40.9 Å². The molecule has 78 valence electrons. The third-order valence-corrected chi connectivity index (χ3v) is 4.75. The van der Waals surface area contributed by atoms with Crippen LogP contribution in [0.2, 0.25) is 0 Å². The molecular weight excluding hydrogens is 246 g/mol. The smallest absolute Gasteiger partial charge is 0.175 e. The molecule has 0 radical (unpaired) electrons. The Morgan fingerprint density at radius 2 is 2.20 bits per heavy atom. The van der Waals surface area contributed by atoms with Crippen molar-refractivity contribution in [3.8, 4) is 0 Å². The first-order chi connectivity index (χ1) is 7.38. The van der Waals surface area contributed by atoms with E-state index in [0.717, 1.165) is 14.4 Å². The summed E-state index contributed by atoms with van der Waals surface area (Å²) in [6.45, 7) is 0. The van der Waals surface area contributed by atoms with Crippen LogP contribution < -0.4 is 0 Å². The van der Waals surface area contributed by atoms with Crippen LogP contribution in [0.25, 0.3) is 0 Å². The Morgan fingerprint density at radius 3 is 2.87 bits per heavy atom. The lowest BCUT2D eigenvalue weighted by atomic mass is 10.3. The average molecular weight is 255 g/mol. The standard InChI is InChI=1S/C9H9N3S3/c1-13-8-11-12-9(15-8)14-6-7-3-2-4-10-5-7/h2-5H,6H2,1H3. The summed E-state index contributed by atoms with van der Waals surface area (Å²) in [6.07, 6.45) is 5.67. The number of thioether (sulfide) groups is 2. The van der Waals surface area contributed by atoms with Crippen LogP contribution in [-0.4, -0.2) is 21.4 Å². The van der Waals surface area contributed by atoms with E-state index in [0.29, 0.717) is 0 Å². The second-order valence-corrected chi connectivity index (χ2v) is 5.94. The quantitative estimate of drug-likeness (QED) is 0.785. The van der Waals surface area contributed by atoms with E-state index in [4.69, 9.17) is 0 Å². The molecule has 2 aromatic heterocycles. The molecule has 0 saturated carbocycles. The van der Waals surface area contributed by atoms with Gasteiger partial charge in [0.1, 0.15) is 0 Å². The second-order valence-electron chi connectivity index (χ2n) is 2.69. The highest BCUT2D eigenvalue weighted by molar-refractivity contribution is 8.02. The van der Waals surface area contributed by atoms with E-state index in [1.165, 1.54) is 5.56 Å². The lowest BCUT2D eigenvalue weighted by molar-refractivity contribution is 0.955. The van der Waals surface area contributed by atoms with E-state index in [-0.39, 0.29) is 0 Å². The van der Waals surface area contributed by atoms with Gasteiger partial charge in [-0.3, -0.25) is 4.98 Å². The molecule has 0 aromatic carbocycles. The molecule has 2 heterocycles. The molecule has 6 heteroatoms. The highest BCUT2D eigenvalue weighted by Crippen LogP contribution is 2.29. The van der Waals surface area contributed by atoms with Crippen LogP contribution in [0.1, 0.15) is 5.56 Å². The monoisotopic (exact) mass is 255 g/mol. The molecule has 2 rings (SSSR count). The van der Waals surface area contributed by atoms with Crippen molar-refractivity contribution in [3.63, 3.8) is 0 Å². The van der Waals surface area contributed by atoms with Crippen LogP contribution >= 0.6 is 34.9 Å². The summed E-state index contributed by atoms with van der Waals surface area (Å²) in [6, 6.07) is 4.01. The molecule has 0 aliphatic rings. The van der Waals surface area contributed by atoms with Crippen molar-refractivity contribution >= 4 is 34.9 Å². The van der Waals surface area contributed by atoms with Crippen molar-refractivity contribution in [2.24, 2.45) is 0 Å². The number of pyridine rings is 1. The van der Waals surface area contributed by atoms with Crippen molar-refractivity contribution in [1.29, 1.82) is 0 Å². The Balaban J connectivity index is 1.93. The predicted molar refractivity (Wildman–Crippen MR) is 65.5 cm³/mol. The lowest BCUT2D eigenvalue weighted by Gasteiger charge is -1.95. The number of aromatic nitrogens is 3. The molecule has 0 amide bonds. The maximum Gasteiger partial charge on any atom is 0.175 e. The van der Waals surface area contributed by atoms with Gasteiger partial charge in [0.25, 0.3) is 0 Å². The molecule has 0 N–H and O–H groups in total. The fourth-order valence-corrected chi connectivity index (χ4v) is 3.34. The molecule has 0 bridgehead atoms. The van der Waals surface area contributed by atoms with Crippen LogP contribution in [-0.2, 0) is 5.75 Å². The zero-order valence-electron chi connectivity index (χ0n) is 8.08. The van der Waals surface area contributed by atoms with Gasteiger partial charge in [-0.25, -0.2) is 0 Å². The summed E-state index contributed by atoms with van der Waals surface area (Å²) in [7, 11) is 0. The van der Waals surface area contributed by atoms with Crippen molar-refractivity contribution in [2.75, 3.05) is 6.26 Å². The van der Waals surface area contributed by atoms with E-state index < -0.39 is 0 Å². The maximum absolute atomic E-state index is 4.09. The zero-order chi connectivity index (χ0) is 10.5. The summed E-state index contributed by atoms with van der Waals surface area (Å²) >= 11 is 4.97. The normalized spacial score (nSPS) is 10.5. The molecule has 0 atom stereocenters. The minimum Gasteiger partial charge on any atom is -0.264 e. The molecular formula is C9H9N3S3. The topological polar surface area (TPSA) is 38.7 Å². The van der Waals surface area contributed by atoms with Gasteiger partial charge >= 0.3 is 0 Å². The second kappa shape index (κ2) is 5.48. The molecule has 15 heavy (non-hydrogen) atoms. The highest BCUT2D eigenvalue weighted by atomic mass is 32.2. The Bertz CT molecular complexity index is 416. The van der Waals surface area contributed by atoms with Gasteiger partial charge in [0, 0.05) is 18.1 Å². The molecule has 0 spiro atoms. The van der Waals surface area contributed by atoms with Crippen LogP contribution in [0, 0.1) is 0 Å². The molecule has 0 aliphatic carbocycles. The van der Waals surface area contributed by atoms with Gasteiger partial charge in [0.15, 0.2) is 8.68 Å². The van der Waals surface area contributed by atoms with E-state index in [9.17, 15) is 0 Å². The molecule has 0 aliphatic heterocycles. The van der Waals surface area contributed by atoms with Gasteiger partial charge in [0.05, 0.1) is 0 Å². The fraction of sp³-hybridized carbons (Fsp3) is 0.222. The molecule has 0 saturated heterocycles. The third kappa shape index (κ3) is 3.19. The van der Waals surface area contributed by atoms with Crippen molar-refractivity contribution in [3.05, 3.63) is 30.1 Å². The largest absolute Gasteiger partial charge is 0.264 e. The Kier molecular flexibility index (Phi) is 3.99. The van der Waals surface area contributed by atoms with Crippen LogP contribution in [0.5, 0.6) is 0 Å².